The lowest BCUT2D eigenvalue weighted by Gasteiger charge is -2.28. The lowest BCUT2D eigenvalue weighted by Crippen LogP contribution is -2.15. The third-order valence-corrected chi connectivity index (χ3v) is 8.10. The highest BCUT2D eigenvalue weighted by molar-refractivity contribution is 5.46. The van der Waals surface area contributed by atoms with Gasteiger partial charge in [-0.3, -0.25) is 0 Å². The molecular formula is C37H50. The first-order valence-electron chi connectivity index (χ1n) is 15.5. The zero-order valence-corrected chi connectivity index (χ0v) is 23.8. The summed E-state index contributed by atoms with van der Waals surface area (Å²) < 4.78 is 0. The summed E-state index contributed by atoms with van der Waals surface area (Å²) >= 11 is 0. The van der Waals surface area contributed by atoms with E-state index in [4.69, 9.17) is 0 Å². The minimum atomic E-state index is 0.935. The van der Waals surface area contributed by atoms with Crippen molar-refractivity contribution in [3.63, 3.8) is 0 Å². The van der Waals surface area contributed by atoms with Crippen LogP contribution in [0.1, 0.15) is 139 Å². The van der Waals surface area contributed by atoms with Crippen molar-refractivity contribution in [1.29, 1.82) is 0 Å². The number of hydrogen-bond donors (Lipinski definition) is 0. The molecule has 3 rings (SSSR count). The van der Waals surface area contributed by atoms with Crippen LogP contribution in [0.5, 0.6) is 0 Å². The Kier molecular flexibility index (Phi) is 14.1. The van der Waals surface area contributed by atoms with E-state index in [9.17, 15) is 0 Å². The van der Waals surface area contributed by atoms with Crippen molar-refractivity contribution in [1.82, 2.24) is 0 Å². The highest BCUT2D eigenvalue weighted by Gasteiger charge is 2.20. The van der Waals surface area contributed by atoms with Crippen LogP contribution in [-0.2, 0) is 6.42 Å². The maximum Gasteiger partial charge on any atom is 0.0249 e. The van der Waals surface area contributed by atoms with Crippen LogP contribution in [-0.4, -0.2) is 0 Å². The van der Waals surface area contributed by atoms with Crippen molar-refractivity contribution in [3.05, 3.63) is 70.8 Å². The third kappa shape index (κ3) is 12.1. The van der Waals surface area contributed by atoms with Crippen molar-refractivity contribution in [2.24, 2.45) is 11.8 Å². The molecule has 1 aliphatic rings. The molecule has 198 valence electrons. The maximum absolute atomic E-state index is 3.33. The Bertz CT molecular complexity index is 978. The lowest BCUT2D eigenvalue weighted by molar-refractivity contribution is 0.249. The van der Waals surface area contributed by atoms with E-state index in [1.807, 2.05) is 0 Å². The van der Waals surface area contributed by atoms with Gasteiger partial charge in [-0.05, 0) is 73.1 Å². The molecule has 0 heterocycles. The molecule has 0 unspecified atom stereocenters. The highest BCUT2D eigenvalue weighted by atomic mass is 14.3. The van der Waals surface area contributed by atoms with E-state index in [0.29, 0.717) is 0 Å². The molecule has 37 heavy (non-hydrogen) atoms. The Morgan fingerprint density at radius 1 is 0.541 bits per heavy atom. The van der Waals surface area contributed by atoms with Crippen LogP contribution >= 0.6 is 0 Å². The van der Waals surface area contributed by atoms with E-state index < -0.39 is 0 Å². The maximum atomic E-state index is 3.33. The van der Waals surface area contributed by atoms with Gasteiger partial charge in [-0.15, -0.1) is 0 Å². The second kappa shape index (κ2) is 17.9. The SMILES string of the molecule is CCCCCCCC#Cc1ccc(C#Cc2ccc(CCC3CCC(CCCCCC)CC3)cc2)cc1. The standard InChI is InChI=1S/C37H50/c1-3-5-7-9-10-11-13-15-33-18-22-35(23-19-33)25-27-37-30-28-36(29-31-37)26-24-34-20-16-32(17-21-34)14-12-8-6-4-2/h18-19,22-23,28-32,34H,3-12,14,16-17,20-21,24,26H2,1-2H3. The first kappa shape index (κ1) is 29.1. The fourth-order valence-corrected chi connectivity index (χ4v) is 5.56. The second-order valence-electron chi connectivity index (χ2n) is 11.3. The summed E-state index contributed by atoms with van der Waals surface area (Å²) in [5, 5.41) is 0. The lowest BCUT2D eigenvalue weighted by atomic mass is 9.77. The van der Waals surface area contributed by atoms with Crippen molar-refractivity contribution in [3.8, 4) is 23.7 Å². The van der Waals surface area contributed by atoms with Crippen molar-refractivity contribution in [2.75, 3.05) is 0 Å². The molecule has 0 radical (unpaired) electrons. The molecule has 1 saturated carbocycles. The molecule has 0 N–H and O–H groups in total. The van der Waals surface area contributed by atoms with Crippen LogP contribution in [0.3, 0.4) is 0 Å². The molecular weight excluding hydrogens is 444 g/mol. The molecule has 2 aromatic rings. The number of rotatable bonds is 13. The van der Waals surface area contributed by atoms with Crippen molar-refractivity contribution in [2.45, 2.75) is 123 Å². The Morgan fingerprint density at radius 3 is 1.62 bits per heavy atom. The Morgan fingerprint density at radius 2 is 1.03 bits per heavy atom. The van der Waals surface area contributed by atoms with E-state index in [1.165, 1.54) is 108 Å². The average Bonchev–Trinajstić information content (AvgIpc) is 2.94. The first-order chi connectivity index (χ1) is 18.3. The smallest absolute Gasteiger partial charge is 0.0249 e. The van der Waals surface area contributed by atoms with Gasteiger partial charge in [0.25, 0.3) is 0 Å². The third-order valence-electron chi connectivity index (χ3n) is 8.10. The minimum absolute atomic E-state index is 0.935. The zero-order valence-electron chi connectivity index (χ0n) is 23.8. The van der Waals surface area contributed by atoms with Gasteiger partial charge in [0.05, 0.1) is 0 Å². The summed E-state index contributed by atoms with van der Waals surface area (Å²) in [5.41, 5.74) is 4.69. The molecule has 0 heteroatoms. The molecule has 0 saturated heterocycles. The number of aryl methyl sites for hydroxylation is 1. The summed E-state index contributed by atoms with van der Waals surface area (Å²) in [5.74, 6) is 15.2. The van der Waals surface area contributed by atoms with Crippen molar-refractivity contribution < 1.29 is 0 Å². The normalized spacial score (nSPS) is 16.9. The topological polar surface area (TPSA) is 0 Å². The van der Waals surface area contributed by atoms with Crippen LogP contribution in [0.25, 0.3) is 0 Å². The molecule has 0 aromatic heterocycles. The molecule has 0 atom stereocenters. The van der Waals surface area contributed by atoms with Gasteiger partial charge in [0.2, 0.25) is 0 Å². The van der Waals surface area contributed by atoms with Gasteiger partial charge in [0, 0.05) is 23.1 Å². The Hall–Kier alpha value is -2.44. The van der Waals surface area contributed by atoms with Crippen LogP contribution in [0, 0.1) is 35.5 Å². The van der Waals surface area contributed by atoms with Crippen LogP contribution in [0.4, 0.5) is 0 Å². The van der Waals surface area contributed by atoms with E-state index in [1.54, 1.807) is 0 Å². The second-order valence-corrected chi connectivity index (χ2v) is 11.3. The molecule has 2 aromatic carbocycles. The average molecular weight is 495 g/mol. The molecule has 0 bridgehead atoms. The Balaban J connectivity index is 1.35. The zero-order chi connectivity index (χ0) is 26.0. The summed E-state index contributed by atoms with van der Waals surface area (Å²) in [4.78, 5) is 0. The van der Waals surface area contributed by atoms with Crippen LogP contribution < -0.4 is 0 Å². The van der Waals surface area contributed by atoms with E-state index in [-0.39, 0.29) is 0 Å². The summed E-state index contributed by atoms with van der Waals surface area (Å²) in [6.07, 6.45) is 23.1. The molecule has 0 aliphatic heterocycles. The molecule has 0 spiro atoms. The molecule has 1 fully saturated rings. The predicted molar refractivity (Wildman–Crippen MR) is 162 cm³/mol. The van der Waals surface area contributed by atoms with Crippen molar-refractivity contribution >= 4 is 0 Å². The summed E-state index contributed by atoms with van der Waals surface area (Å²) in [6.45, 7) is 4.56. The monoisotopic (exact) mass is 494 g/mol. The van der Waals surface area contributed by atoms with E-state index in [2.05, 4.69) is 86.1 Å². The van der Waals surface area contributed by atoms with Gasteiger partial charge in [0.1, 0.15) is 0 Å². The number of hydrogen-bond acceptors (Lipinski definition) is 0. The first-order valence-corrected chi connectivity index (χ1v) is 15.5. The fourth-order valence-electron chi connectivity index (χ4n) is 5.56. The van der Waals surface area contributed by atoms with Gasteiger partial charge in [-0.2, -0.15) is 0 Å². The van der Waals surface area contributed by atoms with Gasteiger partial charge >= 0.3 is 0 Å². The van der Waals surface area contributed by atoms with E-state index >= 15 is 0 Å². The minimum Gasteiger partial charge on any atom is -0.0979 e. The van der Waals surface area contributed by atoms with Gasteiger partial charge in [0.15, 0.2) is 0 Å². The predicted octanol–water partition coefficient (Wildman–Crippen LogP) is 10.5. The Labute approximate surface area is 229 Å². The largest absolute Gasteiger partial charge is 0.0979 e. The van der Waals surface area contributed by atoms with Crippen LogP contribution in [0.15, 0.2) is 48.5 Å². The quantitative estimate of drug-likeness (QED) is 0.192. The number of benzene rings is 2. The molecule has 0 nitrogen and oxygen atoms in total. The van der Waals surface area contributed by atoms with Gasteiger partial charge in [-0.25, -0.2) is 0 Å². The van der Waals surface area contributed by atoms with E-state index in [0.717, 1.165) is 34.9 Å². The summed E-state index contributed by atoms with van der Waals surface area (Å²) in [7, 11) is 0. The van der Waals surface area contributed by atoms with Gasteiger partial charge < -0.3 is 0 Å². The highest BCUT2D eigenvalue weighted by Crippen LogP contribution is 2.34. The summed E-state index contributed by atoms with van der Waals surface area (Å²) in [6, 6.07) is 17.3. The van der Waals surface area contributed by atoms with Gasteiger partial charge in [-0.1, -0.05) is 133 Å². The molecule has 0 amide bonds. The number of unbranched alkanes of at least 4 members (excludes halogenated alkanes) is 8. The van der Waals surface area contributed by atoms with Crippen LogP contribution in [0.2, 0.25) is 0 Å². The molecule has 1 aliphatic carbocycles. The fraction of sp³-hybridized carbons (Fsp3) is 0.568.